The normalized spacial score (nSPS) is 14.8. The molecule has 1 aliphatic rings. The fraction of sp³-hybridized carbons (Fsp3) is 0.333. The predicted octanol–water partition coefficient (Wildman–Crippen LogP) is 3.27. The quantitative estimate of drug-likeness (QED) is 0.635. The summed E-state index contributed by atoms with van der Waals surface area (Å²) in [6.45, 7) is 5.07. The molecule has 0 unspecified atom stereocenters. The third-order valence-corrected chi connectivity index (χ3v) is 5.44. The van der Waals surface area contributed by atoms with E-state index < -0.39 is 0 Å². The highest BCUT2D eigenvalue weighted by molar-refractivity contribution is 5.78. The van der Waals surface area contributed by atoms with Crippen molar-refractivity contribution in [2.75, 3.05) is 38.3 Å². The van der Waals surface area contributed by atoms with Gasteiger partial charge in [0.25, 0.3) is 0 Å². The monoisotopic (exact) mass is 420 g/mol. The molecule has 2 aromatic carbocycles. The van der Waals surface area contributed by atoms with Crippen molar-refractivity contribution in [2.45, 2.75) is 19.5 Å². The van der Waals surface area contributed by atoms with E-state index in [0.717, 1.165) is 41.3 Å². The average Bonchev–Trinajstić information content (AvgIpc) is 3.24. The molecule has 4 rings (SSSR count). The molecular formula is C24H28N4O3. The van der Waals surface area contributed by atoms with Crippen LogP contribution in [0.3, 0.4) is 0 Å². The van der Waals surface area contributed by atoms with Crippen molar-refractivity contribution < 1.29 is 14.3 Å². The molecule has 0 aliphatic carbocycles. The smallest absolute Gasteiger partial charge is 0.242 e. The van der Waals surface area contributed by atoms with Gasteiger partial charge in [-0.3, -0.25) is 9.48 Å². The molecule has 7 nitrogen and oxygen atoms in total. The Hall–Kier alpha value is -3.32. The van der Waals surface area contributed by atoms with E-state index >= 15 is 0 Å². The molecule has 31 heavy (non-hydrogen) atoms. The van der Waals surface area contributed by atoms with Crippen molar-refractivity contribution in [3.05, 3.63) is 66.4 Å². The number of hydrogen-bond donors (Lipinski definition) is 1. The fourth-order valence-electron chi connectivity index (χ4n) is 3.73. The van der Waals surface area contributed by atoms with Crippen molar-refractivity contribution in [1.82, 2.24) is 15.1 Å². The number of nitrogens with zero attached hydrogens (tertiary/aromatic N) is 3. The zero-order valence-corrected chi connectivity index (χ0v) is 18.0. The van der Waals surface area contributed by atoms with E-state index in [4.69, 9.17) is 14.6 Å². The van der Waals surface area contributed by atoms with E-state index in [2.05, 4.69) is 22.3 Å². The number of ether oxygens (including phenoxy) is 2. The van der Waals surface area contributed by atoms with Crippen LogP contribution in [0.25, 0.3) is 11.1 Å². The first kappa shape index (κ1) is 20.9. The Morgan fingerprint density at radius 3 is 2.52 bits per heavy atom. The molecule has 1 saturated heterocycles. The van der Waals surface area contributed by atoms with E-state index in [9.17, 15) is 4.79 Å². The first-order chi connectivity index (χ1) is 15.1. The maximum atomic E-state index is 12.7. The summed E-state index contributed by atoms with van der Waals surface area (Å²) in [7, 11) is 1.64. The summed E-state index contributed by atoms with van der Waals surface area (Å²) in [6.07, 6.45) is 1.96. The topological polar surface area (TPSA) is 68.6 Å². The molecule has 1 N–H and O–H groups in total. The minimum atomic E-state index is -0.110. The lowest BCUT2D eigenvalue weighted by Gasteiger charge is -2.27. The lowest BCUT2D eigenvalue weighted by Crippen LogP contribution is -2.37. The first-order valence-electron chi connectivity index (χ1n) is 10.5. The molecule has 0 spiro atoms. The van der Waals surface area contributed by atoms with E-state index in [1.54, 1.807) is 11.8 Å². The Balaban J connectivity index is 1.49. The number of benzene rings is 2. The number of rotatable bonds is 7. The standard InChI is InChI=1S/C24H28N4O3/c1-18(19-8-10-21(30-2)11-9-19)25-23(29)17-28-16-22(20-6-4-3-5-7-20)24(26-28)27-12-14-31-15-13-27/h3-11,16,18H,12-15,17H2,1-2H3,(H,25,29)/t18-/m0/s1. The number of nitrogens with one attached hydrogen (secondary N) is 1. The molecule has 1 atom stereocenters. The number of carbonyl (C=O) groups excluding carboxylic acids is 1. The second-order valence-corrected chi connectivity index (χ2v) is 7.59. The summed E-state index contributed by atoms with van der Waals surface area (Å²) >= 11 is 0. The van der Waals surface area contributed by atoms with Gasteiger partial charge >= 0.3 is 0 Å². The Bertz CT molecular complexity index is 995. The molecule has 1 amide bonds. The number of amides is 1. The van der Waals surface area contributed by atoms with Crippen LogP contribution in [0.2, 0.25) is 0 Å². The Morgan fingerprint density at radius 2 is 1.84 bits per heavy atom. The molecule has 2 heterocycles. The SMILES string of the molecule is COc1ccc([C@H](C)NC(=O)Cn2cc(-c3ccccc3)c(N3CCOCC3)n2)cc1. The molecule has 1 aromatic heterocycles. The van der Waals surface area contributed by atoms with Crippen LogP contribution in [0.15, 0.2) is 60.8 Å². The maximum Gasteiger partial charge on any atom is 0.242 e. The van der Waals surface area contributed by atoms with Gasteiger partial charge in [0.15, 0.2) is 5.82 Å². The molecule has 1 fully saturated rings. The van der Waals surface area contributed by atoms with Gasteiger partial charge < -0.3 is 19.7 Å². The van der Waals surface area contributed by atoms with Crippen LogP contribution >= 0.6 is 0 Å². The number of morpholine rings is 1. The van der Waals surface area contributed by atoms with Gasteiger partial charge in [-0.25, -0.2) is 0 Å². The van der Waals surface area contributed by atoms with Crippen LogP contribution in [0, 0.1) is 0 Å². The first-order valence-corrected chi connectivity index (χ1v) is 10.5. The zero-order chi connectivity index (χ0) is 21.6. The third kappa shape index (κ3) is 5.06. The molecule has 0 radical (unpaired) electrons. The van der Waals surface area contributed by atoms with Crippen molar-refractivity contribution >= 4 is 11.7 Å². The number of aromatic nitrogens is 2. The summed E-state index contributed by atoms with van der Waals surface area (Å²) in [4.78, 5) is 14.9. The van der Waals surface area contributed by atoms with Crippen LogP contribution in [0.4, 0.5) is 5.82 Å². The maximum absolute atomic E-state index is 12.7. The highest BCUT2D eigenvalue weighted by atomic mass is 16.5. The summed E-state index contributed by atoms with van der Waals surface area (Å²) in [5.41, 5.74) is 3.13. The summed E-state index contributed by atoms with van der Waals surface area (Å²) in [6, 6.07) is 17.8. The van der Waals surface area contributed by atoms with E-state index in [-0.39, 0.29) is 18.5 Å². The van der Waals surface area contributed by atoms with Crippen LogP contribution in [0.5, 0.6) is 5.75 Å². The Kier molecular flexibility index (Phi) is 6.52. The minimum Gasteiger partial charge on any atom is -0.497 e. The van der Waals surface area contributed by atoms with Gasteiger partial charge in [0.1, 0.15) is 12.3 Å². The molecule has 0 bridgehead atoms. The van der Waals surface area contributed by atoms with Gasteiger partial charge in [-0.1, -0.05) is 42.5 Å². The van der Waals surface area contributed by atoms with Crippen molar-refractivity contribution in [1.29, 1.82) is 0 Å². The second-order valence-electron chi connectivity index (χ2n) is 7.59. The third-order valence-electron chi connectivity index (χ3n) is 5.44. The molecular weight excluding hydrogens is 392 g/mol. The molecule has 162 valence electrons. The summed E-state index contributed by atoms with van der Waals surface area (Å²) in [5.74, 6) is 1.60. The average molecular weight is 421 g/mol. The molecule has 3 aromatic rings. The number of carbonyl (C=O) groups is 1. The largest absolute Gasteiger partial charge is 0.497 e. The van der Waals surface area contributed by atoms with Gasteiger partial charge in [0.05, 0.1) is 26.4 Å². The summed E-state index contributed by atoms with van der Waals surface area (Å²) < 4.78 is 12.4. The molecule has 7 heteroatoms. The van der Waals surface area contributed by atoms with Crippen molar-refractivity contribution in [3.63, 3.8) is 0 Å². The van der Waals surface area contributed by atoms with Crippen LogP contribution < -0.4 is 15.0 Å². The van der Waals surface area contributed by atoms with E-state index in [0.29, 0.717) is 13.2 Å². The fourth-order valence-corrected chi connectivity index (χ4v) is 3.73. The Morgan fingerprint density at radius 1 is 1.13 bits per heavy atom. The number of anilines is 1. The zero-order valence-electron chi connectivity index (χ0n) is 18.0. The minimum absolute atomic E-state index is 0.0843. The van der Waals surface area contributed by atoms with Gasteiger partial charge in [-0.2, -0.15) is 5.10 Å². The van der Waals surface area contributed by atoms with Gasteiger partial charge in [-0.05, 0) is 30.2 Å². The Labute approximate surface area is 182 Å². The van der Waals surface area contributed by atoms with Crippen molar-refractivity contribution in [2.24, 2.45) is 0 Å². The highest BCUT2D eigenvalue weighted by Crippen LogP contribution is 2.30. The van der Waals surface area contributed by atoms with E-state index in [1.807, 2.05) is 55.6 Å². The summed E-state index contributed by atoms with van der Waals surface area (Å²) in [5, 5.41) is 7.82. The molecule has 0 saturated carbocycles. The van der Waals surface area contributed by atoms with Gasteiger partial charge in [-0.15, -0.1) is 0 Å². The lowest BCUT2D eigenvalue weighted by atomic mass is 10.1. The van der Waals surface area contributed by atoms with Crippen LogP contribution in [0.1, 0.15) is 18.5 Å². The van der Waals surface area contributed by atoms with Crippen LogP contribution in [-0.4, -0.2) is 49.1 Å². The number of hydrogen-bond acceptors (Lipinski definition) is 5. The lowest BCUT2D eigenvalue weighted by molar-refractivity contribution is -0.122. The van der Waals surface area contributed by atoms with Crippen LogP contribution in [-0.2, 0) is 16.1 Å². The van der Waals surface area contributed by atoms with Crippen molar-refractivity contribution in [3.8, 4) is 16.9 Å². The number of methoxy groups -OCH3 is 1. The molecule has 1 aliphatic heterocycles. The highest BCUT2D eigenvalue weighted by Gasteiger charge is 2.21. The van der Waals surface area contributed by atoms with Gasteiger partial charge in [0, 0.05) is 24.8 Å². The second kappa shape index (κ2) is 9.66. The van der Waals surface area contributed by atoms with Gasteiger partial charge in [0.2, 0.25) is 5.91 Å². The van der Waals surface area contributed by atoms with E-state index in [1.165, 1.54) is 0 Å². The predicted molar refractivity (Wildman–Crippen MR) is 120 cm³/mol.